The summed E-state index contributed by atoms with van der Waals surface area (Å²) in [4.78, 5) is 33.7. The Morgan fingerprint density at radius 1 is 1.18 bits per heavy atom. The van der Waals surface area contributed by atoms with Crippen molar-refractivity contribution in [2.24, 2.45) is 0 Å². The number of benzene rings is 1. The fraction of sp³-hybridized carbons (Fsp3) is 0.176. The lowest BCUT2D eigenvalue weighted by Crippen LogP contribution is -2.07. The van der Waals surface area contributed by atoms with Gasteiger partial charge in [-0.15, -0.1) is 0 Å². The topological polar surface area (TPSA) is 75.7 Å². The fourth-order valence-electron chi connectivity index (χ4n) is 2.43. The molecule has 0 amide bonds. The van der Waals surface area contributed by atoms with Crippen molar-refractivity contribution in [3.63, 3.8) is 0 Å². The minimum atomic E-state index is -0.258. The lowest BCUT2D eigenvalue weighted by molar-refractivity contribution is 0.101. The van der Waals surface area contributed by atoms with Crippen molar-refractivity contribution in [2.75, 3.05) is 0 Å². The Labute approximate surface area is 127 Å². The van der Waals surface area contributed by atoms with E-state index >= 15 is 0 Å². The van der Waals surface area contributed by atoms with E-state index in [-0.39, 0.29) is 11.3 Å². The first-order valence-electron chi connectivity index (χ1n) is 7.06. The zero-order valence-electron chi connectivity index (χ0n) is 12.2. The van der Waals surface area contributed by atoms with Crippen LogP contribution in [0, 0.1) is 0 Å². The van der Waals surface area contributed by atoms with E-state index in [0.717, 1.165) is 29.5 Å². The molecule has 0 unspecified atom stereocenters. The third-order valence-electron chi connectivity index (χ3n) is 3.58. The monoisotopic (exact) mass is 293 g/mol. The molecule has 0 aliphatic rings. The summed E-state index contributed by atoms with van der Waals surface area (Å²) in [6.07, 6.45) is 4.49. The van der Waals surface area contributed by atoms with Crippen LogP contribution in [0.1, 0.15) is 28.4 Å². The van der Waals surface area contributed by atoms with E-state index in [1.54, 1.807) is 13.1 Å². The van der Waals surface area contributed by atoms with Crippen molar-refractivity contribution in [3.8, 4) is 0 Å². The third-order valence-corrected chi connectivity index (χ3v) is 3.58. The molecule has 0 fully saturated rings. The second kappa shape index (κ2) is 5.89. The number of ketones is 1. The summed E-state index contributed by atoms with van der Waals surface area (Å²) >= 11 is 0. The zero-order valence-corrected chi connectivity index (χ0v) is 12.2. The van der Waals surface area contributed by atoms with Gasteiger partial charge in [0.05, 0.1) is 6.20 Å². The van der Waals surface area contributed by atoms with Crippen molar-refractivity contribution in [1.29, 1.82) is 0 Å². The number of hydrogen-bond acceptors (Lipinski definition) is 4. The first-order chi connectivity index (χ1) is 10.6. The maximum absolute atomic E-state index is 11.4. The molecule has 0 saturated heterocycles. The van der Waals surface area contributed by atoms with Crippen molar-refractivity contribution >= 4 is 16.9 Å². The van der Waals surface area contributed by atoms with Gasteiger partial charge in [0.2, 0.25) is 0 Å². The molecule has 0 bridgehead atoms. The number of fused-ring (bicyclic) bond motifs is 1. The number of carbonyl (C=O) groups excluding carboxylic acids is 1. The van der Waals surface area contributed by atoms with E-state index < -0.39 is 0 Å². The van der Waals surface area contributed by atoms with Crippen molar-refractivity contribution in [1.82, 2.24) is 15.0 Å². The molecular weight excluding hydrogens is 278 g/mol. The Morgan fingerprint density at radius 3 is 2.86 bits per heavy atom. The number of carbonyl (C=O) groups is 1. The van der Waals surface area contributed by atoms with Gasteiger partial charge in [-0.25, -0.2) is 9.97 Å². The molecule has 0 saturated carbocycles. The van der Waals surface area contributed by atoms with Gasteiger partial charge in [-0.3, -0.25) is 9.59 Å². The molecule has 3 rings (SSSR count). The molecule has 2 aromatic heterocycles. The van der Waals surface area contributed by atoms with Gasteiger partial charge < -0.3 is 4.98 Å². The van der Waals surface area contributed by atoms with Crippen LogP contribution in [0.4, 0.5) is 0 Å². The average Bonchev–Trinajstić information content (AvgIpc) is 2.52. The summed E-state index contributed by atoms with van der Waals surface area (Å²) in [6.45, 7) is 1.57. The minimum Gasteiger partial charge on any atom is -0.304 e. The molecule has 0 spiro atoms. The number of nitrogens with one attached hydrogen (secondary N) is 1. The first kappa shape index (κ1) is 14.1. The average molecular weight is 293 g/mol. The predicted molar refractivity (Wildman–Crippen MR) is 84.0 cm³/mol. The largest absolute Gasteiger partial charge is 0.304 e. The summed E-state index contributed by atoms with van der Waals surface area (Å²) < 4.78 is 0. The van der Waals surface area contributed by atoms with E-state index in [4.69, 9.17) is 0 Å². The van der Waals surface area contributed by atoms with Crippen molar-refractivity contribution in [3.05, 3.63) is 69.8 Å². The molecule has 5 nitrogen and oxygen atoms in total. The quantitative estimate of drug-likeness (QED) is 0.749. The van der Waals surface area contributed by atoms with Crippen LogP contribution in [0.3, 0.4) is 0 Å². The second-order valence-corrected chi connectivity index (χ2v) is 5.17. The number of aryl methyl sites for hydroxylation is 2. The Bertz CT molecular complexity index is 900. The molecule has 0 radical (unpaired) electrons. The SMILES string of the molecule is CC(=O)c1cccc(CCc2ccnc3[nH]c(=O)cnc23)c1. The van der Waals surface area contributed by atoms with Crippen molar-refractivity contribution < 1.29 is 4.79 Å². The van der Waals surface area contributed by atoms with Crippen LogP contribution in [0.2, 0.25) is 0 Å². The van der Waals surface area contributed by atoms with Crippen LogP contribution in [-0.4, -0.2) is 20.7 Å². The molecule has 1 N–H and O–H groups in total. The molecule has 5 heteroatoms. The minimum absolute atomic E-state index is 0.0652. The smallest absolute Gasteiger partial charge is 0.268 e. The summed E-state index contributed by atoms with van der Waals surface area (Å²) in [7, 11) is 0. The first-order valence-corrected chi connectivity index (χ1v) is 7.06. The molecule has 0 aliphatic carbocycles. The van der Waals surface area contributed by atoms with Crippen LogP contribution < -0.4 is 5.56 Å². The highest BCUT2D eigenvalue weighted by atomic mass is 16.1. The predicted octanol–water partition coefficient (Wildman–Crippen LogP) is 2.31. The summed E-state index contributed by atoms with van der Waals surface area (Å²) in [6, 6.07) is 9.54. The number of rotatable bonds is 4. The van der Waals surface area contributed by atoms with Gasteiger partial charge in [-0.1, -0.05) is 18.2 Å². The van der Waals surface area contributed by atoms with E-state index in [1.807, 2.05) is 30.3 Å². The van der Waals surface area contributed by atoms with Crippen LogP contribution in [-0.2, 0) is 12.8 Å². The molecule has 2 heterocycles. The van der Waals surface area contributed by atoms with Gasteiger partial charge in [-0.2, -0.15) is 0 Å². The number of pyridine rings is 1. The van der Waals surface area contributed by atoms with Gasteiger partial charge in [0.15, 0.2) is 11.4 Å². The van der Waals surface area contributed by atoms with E-state index in [9.17, 15) is 9.59 Å². The standard InChI is InChI=1S/C17H15N3O2/c1-11(21)14-4-2-3-12(9-14)5-6-13-7-8-18-17-16(13)19-10-15(22)20-17/h2-4,7-10H,5-6H2,1H3,(H,18,20,22). The van der Waals surface area contributed by atoms with Gasteiger partial charge in [0.1, 0.15) is 5.52 Å². The van der Waals surface area contributed by atoms with Crippen LogP contribution in [0.5, 0.6) is 0 Å². The molecule has 0 aliphatic heterocycles. The van der Waals surface area contributed by atoms with E-state index in [0.29, 0.717) is 11.2 Å². The van der Waals surface area contributed by atoms with Crippen molar-refractivity contribution in [2.45, 2.75) is 19.8 Å². The number of nitrogens with zero attached hydrogens (tertiary/aromatic N) is 2. The summed E-state index contributed by atoms with van der Waals surface area (Å²) in [5.74, 6) is 0.0652. The number of Topliss-reactive ketones (excluding diaryl/α,β-unsaturated/α-hetero) is 1. The van der Waals surface area contributed by atoms with E-state index in [2.05, 4.69) is 15.0 Å². The number of aromatic nitrogens is 3. The Balaban J connectivity index is 1.86. The highest BCUT2D eigenvalue weighted by molar-refractivity contribution is 5.94. The lowest BCUT2D eigenvalue weighted by atomic mass is 10.0. The van der Waals surface area contributed by atoms with Gasteiger partial charge in [0.25, 0.3) is 5.56 Å². The van der Waals surface area contributed by atoms with Crippen LogP contribution >= 0.6 is 0 Å². The normalized spacial score (nSPS) is 10.8. The molecule has 110 valence electrons. The summed E-state index contributed by atoms with van der Waals surface area (Å²) in [5.41, 5.74) is 3.80. The maximum atomic E-state index is 11.4. The fourth-order valence-corrected chi connectivity index (χ4v) is 2.43. The Kier molecular flexibility index (Phi) is 3.78. The zero-order chi connectivity index (χ0) is 15.5. The number of aromatic amines is 1. The van der Waals surface area contributed by atoms with Gasteiger partial charge in [-0.05, 0) is 43.0 Å². The number of H-pyrrole nitrogens is 1. The second-order valence-electron chi connectivity index (χ2n) is 5.17. The Morgan fingerprint density at radius 2 is 2.05 bits per heavy atom. The van der Waals surface area contributed by atoms with Crippen LogP contribution in [0.15, 0.2) is 47.5 Å². The Hall–Kier alpha value is -2.82. The van der Waals surface area contributed by atoms with Gasteiger partial charge in [0, 0.05) is 11.8 Å². The molecule has 3 aromatic rings. The third kappa shape index (κ3) is 2.93. The van der Waals surface area contributed by atoms with Gasteiger partial charge >= 0.3 is 0 Å². The molecule has 22 heavy (non-hydrogen) atoms. The highest BCUT2D eigenvalue weighted by Gasteiger charge is 2.06. The lowest BCUT2D eigenvalue weighted by Gasteiger charge is -2.06. The maximum Gasteiger partial charge on any atom is 0.268 e. The molecular formula is C17H15N3O2. The molecule has 1 aromatic carbocycles. The molecule has 0 atom stereocenters. The number of hydrogen-bond donors (Lipinski definition) is 1. The highest BCUT2D eigenvalue weighted by Crippen LogP contribution is 2.14. The van der Waals surface area contributed by atoms with E-state index in [1.165, 1.54) is 6.20 Å². The van der Waals surface area contributed by atoms with Crippen LogP contribution in [0.25, 0.3) is 11.2 Å². The summed E-state index contributed by atoms with van der Waals surface area (Å²) in [5, 5.41) is 0.